The molecule has 2 aromatic heterocycles. The van der Waals surface area contributed by atoms with Crippen molar-refractivity contribution in [1.29, 1.82) is 0 Å². The van der Waals surface area contributed by atoms with Gasteiger partial charge in [-0.15, -0.1) is 11.3 Å². The summed E-state index contributed by atoms with van der Waals surface area (Å²) in [4.78, 5) is 22.6. The first-order chi connectivity index (χ1) is 10.4. The number of hydrazone groups is 1. The predicted octanol–water partition coefficient (Wildman–Crippen LogP) is 1.76. The lowest BCUT2D eigenvalue weighted by Crippen LogP contribution is -2.24. The second-order valence-electron chi connectivity index (χ2n) is 4.37. The molecule has 2 aromatic rings. The molecule has 0 unspecified atom stereocenters. The first-order valence-corrected chi connectivity index (χ1v) is 6.95. The number of carbonyl (C=O) groups is 1. The SMILES string of the molecule is Cc1nn(CC(=O)NN=Cc2ccc(F)s2)c(C)c1[N+](=O)[O-]. The van der Waals surface area contributed by atoms with E-state index in [1.807, 2.05) is 0 Å². The first-order valence-electron chi connectivity index (χ1n) is 6.14. The molecule has 1 N–H and O–H groups in total. The molecule has 0 saturated carbocycles. The summed E-state index contributed by atoms with van der Waals surface area (Å²) < 4.78 is 14.0. The summed E-state index contributed by atoms with van der Waals surface area (Å²) in [5.74, 6) is -0.492. The van der Waals surface area contributed by atoms with Gasteiger partial charge in [0.2, 0.25) is 0 Å². The molecule has 1 amide bonds. The zero-order valence-electron chi connectivity index (χ0n) is 11.7. The van der Waals surface area contributed by atoms with E-state index in [-0.39, 0.29) is 23.1 Å². The fourth-order valence-electron chi connectivity index (χ4n) is 1.84. The van der Waals surface area contributed by atoms with Gasteiger partial charge in [-0.1, -0.05) is 0 Å². The van der Waals surface area contributed by atoms with Crippen LogP contribution in [0.3, 0.4) is 0 Å². The van der Waals surface area contributed by atoms with Crippen LogP contribution in [0.2, 0.25) is 0 Å². The summed E-state index contributed by atoms with van der Waals surface area (Å²) in [6.45, 7) is 2.82. The summed E-state index contributed by atoms with van der Waals surface area (Å²) in [5.41, 5.74) is 2.69. The van der Waals surface area contributed by atoms with Gasteiger partial charge in [-0.3, -0.25) is 19.6 Å². The molecule has 0 aliphatic carbocycles. The second kappa shape index (κ2) is 6.43. The van der Waals surface area contributed by atoms with Crippen molar-refractivity contribution in [1.82, 2.24) is 15.2 Å². The van der Waals surface area contributed by atoms with Crippen molar-refractivity contribution in [2.75, 3.05) is 0 Å². The van der Waals surface area contributed by atoms with E-state index >= 15 is 0 Å². The van der Waals surface area contributed by atoms with Crippen LogP contribution in [0.4, 0.5) is 10.1 Å². The summed E-state index contributed by atoms with van der Waals surface area (Å²) in [6.07, 6.45) is 1.31. The second-order valence-corrected chi connectivity index (χ2v) is 5.43. The lowest BCUT2D eigenvalue weighted by atomic mass is 10.3. The van der Waals surface area contributed by atoms with Gasteiger partial charge in [-0.05, 0) is 26.0 Å². The van der Waals surface area contributed by atoms with Gasteiger partial charge >= 0.3 is 5.69 Å². The van der Waals surface area contributed by atoms with Gasteiger partial charge in [0.05, 0.1) is 16.0 Å². The third-order valence-electron chi connectivity index (χ3n) is 2.79. The Bertz CT molecular complexity index is 752. The number of nitro groups is 1. The Hall–Kier alpha value is -2.62. The van der Waals surface area contributed by atoms with Crippen LogP contribution in [-0.4, -0.2) is 26.8 Å². The van der Waals surface area contributed by atoms with Crippen molar-refractivity contribution in [2.45, 2.75) is 20.4 Å². The van der Waals surface area contributed by atoms with Gasteiger partial charge in [-0.2, -0.15) is 14.6 Å². The number of nitrogens with one attached hydrogen (secondary N) is 1. The Morgan fingerprint density at radius 3 is 2.86 bits per heavy atom. The molecule has 10 heteroatoms. The van der Waals surface area contributed by atoms with Crippen molar-refractivity contribution in [3.05, 3.63) is 43.6 Å². The van der Waals surface area contributed by atoms with Crippen LogP contribution in [-0.2, 0) is 11.3 Å². The van der Waals surface area contributed by atoms with Crippen LogP contribution in [0.5, 0.6) is 0 Å². The zero-order chi connectivity index (χ0) is 16.3. The van der Waals surface area contributed by atoms with Crippen LogP contribution in [0.1, 0.15) is 16.3 Å². The van der Waals surface area contributed by atoms with Crippen molar-refractivity contribution >= 4 is 29.1 Å². The number of aryl methyl sites for hydroxylation is 1. The van der Waals surface area contributed by atoms with Crippen LogP contribution in [0, 0.1) is 29.1 Å². The van der Waals surface area contributed by atoms with E-state index in [0.29, 0.717) is 10.6 Å². The standard InChI is InChI=1S/C12H12FN5O3S/c1-7-12(18(20)21)8(2)17(16-7)6-11(19)15-14-5-9-3-4-10(13)22-9/h3-5H,6H2,1-2H3,(H,15,19). The Kier molecular flexibility index (Phi) is 4.61. The van der Waals surface area contributed by atoms with Crippen molar-refractivity contribution < 1.29 is 14.1 Å². The number of rotatable bonds is 5. The normalized spacial score (nSPS) is 11.0. The quantitative estimate of drug-likeness (QED) is 0.514. The minimum absolute atomic E-state index is 0.106. The highest BCUT2D eigenvalue weighted by Gasteiger charge is 2.22. The molecule has 2 heterocycles. The van der Waals surface area contributed by atoms with Crippen LogP contribution in [0.15, 0.2) is 17.2 Å². The largest absolute Gasteiger partial charge is 0.312 e. The molecular formula is C12H12FN5O3S. The van der Waals surface area contributed by atoms with E-state index < -0.39 is 10.8 Å². The minimum atomic E-state index is -0.532. The van der Waals surface area contributed by atoms with E-state index in [1.165, 1.54) is 36.9 Å². The van der Waals surface area contributed by atoms with E-state index in [2.05, 4.69) is 15.6 Å². The molecule has 0 aliphatic rings. The van der Waals surface area contributed by atoms with Crippen LogP contribution < -0.4 is 5.43 Å². The molecule has 0 atom stereocenters. The fourth-order valence-corrected chi connectivity index (χ4v) is 2.45. The highest BCUT2D eigenvalue weighted by atomic mass is 32.1. The van der Waals surface area contributed by atoms with Gasteiger partial charge in [0.1, 0.15) is 17.9 Å². The third-order valence-corrected chi connectivity index (χ3v) is 3.60. The molecule has 0 aromatic carbocycles. The lowest BCUT2D eigenvalue weighted by molar-refractivity contribution is -0.386. The molecule has 8 nitrogen and oxygen atoms in total. The summed E-state index contributed by atoms with van der Waals surface area (Å²) in [6, 6.07) is 2.82. The molecule has 0 aliphatic heterocycles. The molecule has 0 radical (unpaired) electrons. The van der Waals surface area contributed by atoms with Crippen molar-refractivity contribution in [2.24, 2.45) is 5.10 Å². The number of hydrogen-bond donors (Lipinski definition) is 1. The Labute approximate surface area is 128 Å². The fraction of sp³-hybridized carbons (Fsp3) is 0.250. The highest BCUT2D eigenvalue weighted by Crippen LogP contribution is 2.21. The number of hydrogen-bond acceptors (Lipinski definition) is 6. The van der Waals surface area contributed by atoms with Crippen LogP contribution >= 0.6 is 11.3 Å². The molecule has 116 valence electrons. The van der Waals surface area contributed by atoms with Gasteiger partial charge in [-0.25, -0.2) is 5.43 Å². The monoisotopic (exact) mass is 325 g/mol. The number of carbonyl (C=O) groups excluding carboxylic acids is 1. The average Bonchev–Trinajstić information content (AvgIpc) is 2.94. The molecule has 0 spiro atoms. The third kappa shape index (κ3) is 3.52. The van der Waals surface area contributed by atoms with E-state index in [9.17, 15) is 19.3 Å². The Morgan fingerprint density at radius 1 is 1.59 bits per heavy atom. The maximum atomic E-state index is 12.8. The molecular weight excluding hydrogens is 313 g/mol. The summed E-state index contributed by atoms with van der Waals surface area (Å²) in [5, 5.41) is 18.2. The number of halogens is 1. The topological polar surface area (TPSA) is 102 Å². The first kappa shape index (κ1) is 15.8. The van der Waals surface area contributed by atoms with E-state index in [0.717, 1.165) is 11.3 Å². The number of thiophene rings is 1. The molecule has 0 fully saturated rings. The zero-order valence-corrected chi connectivity index (χ0v) is 12.6. The summed E-state index contributed by atoms with van der Waals surface area (Å²) >= 11 is 0.895. The maximum absolute atomic E-state index is 12.8. The average molecular weight is 325 g/mol. The minimum Gasteiger partial charge on any atom is -0.271 e. The highest BCUT2D eigenvalue weighted by molar-refractivity contribution is 7.12. The smallest absolute Gasteiger partial charge is 0.271 e. The molecule has 0 saturated heterocycles. The van der Waals surface area contributed by atoms with Crippen molar-refractivity contribution in [3.63, 3.8) is 0 Å². The predicted molar refractivity (Wildman–Crippen MR) is 78.4 cm³/mol. The van der Waals surface area contributed by atoms with Crippen LogP contribution in [0.25, 0.3) is 0 Å². The Balaban J connectivity index is 1.99. The van der Waals surface area contributed by atoms with E-state index in [4.69, 9.17) is 0 Å². The lowest BCUT2D eigenvalue weighted by Gasteiger charge is -2.01. The van der Waals surface area contributed by atoms with E-state index in [1.54, 1.807) is 0 Å². The van der Waals surface area contributed by atoms with Crippen molar-refractivity contribution in [3.8, 4) is 0 Å². The van der Waals surface area contributed by atoms with Gasteiger partial charge in [0, 0.05) is 0 Å². The molecule has 0 bridgehead atoms. The maximum Gasteiger partial charge on any atom is 0.312 e. The number of aromatic nitrogens is 2. The van der Waals surface area contributed by atoms with Gasteiger partial charge in [0.25, 0.3) is 5.91 Å². The Morgan fingerprint density at radius 2 is 2.32 bits per heavy atom. The number of amides is 1. The number of nitrogens with zero attached hydrogens (tertiary/aromatic N) is 4. The summed E-state index contributed by atoms with van der Waals surface area (Å²) in [7, 11) is 0. The molecule has 22 heavy (non-hydrogen) atoms. The molecule has 2 rings (SSSR count). The van der Waals surface area contributed by atoms with Gasteiger partial charge in [0.15, 0.2) is 5.13 Å². The van der Waals surface area contributed by atoms with Gasteiger partial charge < -0.3 is 0 Å².